The van der Waals surface area contributed by atoms with Gasteiger partial charge in [0.2, 0.25) is 0 Å². The first-order chi connectivity index (χ1) is 10.8. The van der Waals surface area contributed by atoms with E-state index in [0.29, 0.717) is 12.3 Å². The van der Waals surface area contributed by atoms with Crippen LogP contribution in [0.15, 0.2) is 54.6 Å². The summed E-state index contributed by atoms with van der Waals surface area (Å²) in [5, 5.41) is 11.5. The molecule has 0 fully saturated rings. The van der Waals surface area contributed by atoms with E-state index in [-0.39, 0.29) is 19.8 Å². The number of hydrogen-bond acceptors (Lipinski definition) is 4. The van der Waals surface area contributed by atoms with Crippen LogP contribution >= 0.6 is 0 Å². The quantitative estimate of drug-likeness (QED) is 0.824. The molecule has 0 aliphatic heterocycles. The maximum atomic E-state index is 11.7. The monoisotopic (exact) mass is 301 g/mol. The number of amides is 1. The van der Waals surface area contributed by atoms with Crippen molar-refractivity contribution in [3.63, 3.8) is 0 Å². The van der Waals surface area contributed by atoms with E-state index in [9.17, 15) is 4.79 Å². The summed E-state index contributed by atoms with van der Waals surface area (Å²) in [6, 6.07) is 16.8. The van der Waals surface area contributed by atoms with E-state index in [1.165, 1.54) is 0 Å². The zero-order valence-electron chi connectivity index (χ0n) is 12.2. The van der Waals surface area contributed by atoms with Gasteiger partial charge in [0, 0.05) is 12.1 Å². The summed E-state index contributed by atoms with van der Waals surface area (Å²) < 4.78 is 10.5. The average Bonchev–Trinajstić information content (AvgIpc) is 2.58. The van der Waals surface area contributed by atoms with Crippen LogP contribution in [0.3, 0.4) is 0 Å². The number of hydrogen-bond donors (Lipinski definition) is 2. The van der Waals surface area contributed by atoms with Crippen LogP contribution in [0.2, 0.25) is 0 Å². The highest BCUT2D eigenvalue weighted by Gasteiger charge is 2.06. The largest absolute Gasteiger partial charge is 0.491 e. The van der Waals surface area contributed by atoms with E-state index in [1.54, 1.807) is 6.07 Å². The Balaban J connectivity index is 1.81. The van der Waals surface area contributed by atoms with Crippen molar-refractivity contribution >= 4 is 6.09 Å². The van der Waals surface area contributed by atoms with Gasteiger partial charge in [-0.05, 0) is 11.6 Å². The summed E-state index contributed by atoms with van der Waals surface area (Å²) in [7, 11) is 0. The van der Waals surface area contributed by atoms with Crippen molar-refractivity contribution in [2.75, 3.05) is 13.2 Å². The molecule has 0 saturated carbocycles. The Kier molecular flexibility index (Phi) is 6.26. The van der Waals surface area contributed by atoms with Gasteiger partial charge in [-0.3, -0.25) is 0 Å². The van der Waals surface area contributed by atoms with Gasteiger partial charge in [-0.2, -0.15) is 0 Å². The second-order valence-corrected chi connectivity index (χ2v) is 4.60. The molecule has 0 bridgehead atoms. The van der Waals surface area contributed by atoms with Gasteiger partial charge in [0.1, 0.15) is 19.0 Å². The molecule has 2 N–H and O–H groups in total. The summed E-state index contributed by atoms with van der Waals surface area (Å²) >= 11 is 0. The van der Waals surface area contributed by atoms with Gasteiger partial charge in [0.05, 0.1) is 6.61 Å². The molecule has 0 heterocycles. The Morgan fingerprint density at radius 1 is 1.05 bits per heavy atom. The minimum absolute atomic E-state index is 0.0547. The number of nitrogens with one attached hydrogen (secondary N) is 1. The van der Waals surface area contributed by atoms with E-state index in [1.807, 2.05) is 48.5 Å². The minimum atomic E-state index is -0.485. The summed E-state index contributed by atoms with van der Waals surface area (Å²) in [5.41, 5.74) is 1.76. The maximum absolute atomic E-state index is 11.7. The molecule has 0 unspecified atom stereocenters. The van der Waals surface area contributed by atoms with Gasteiger partial charge in [0.25, 0.3) is 0 Å². The highest BCUT2D eigenvalue weighted by molar-refractivity contribution is 5.67. The van der Waals surface area contributed by atoms with Crippen LogP contribution < -0.4 is 10.1 Å². The van der Waals surface area contributed by atoms with Gasteiger partial charge in [-0.25, -0.2) is 4.79 Å². The second-order valence-electron chi connectivity index (χ2n) is 4.60. The number of alkyl carbamates (subject to hydrolysis) is 1. The summed E-state index contributed by atoms with van der Waals surface area (Å²) in [6.07, 6.45) is -0.485. The molecular formula is C17H19NO4. The Hall–Kier alpha value is -2.53. The number of aliphatic hydroxyl groups excluding tert-OH is 1. The lowest BCUT2D eigenvalue weighted by Gasteiger charge is -2.11. The van der Waals surface area contributed by atoms with E-state index in [2.05, 4.69) is 5.32 Å². The van der Waals surface area contributed by atoms with Crippen LogP contribution in [0.1, 0.15) is 11.1 Å². The molecule has 0 aliphatic carbocycles. The van der Waals surface area contributed by atoms with Crippen molar-refractivity contribution in [3.8, 4) is 5.75 Å². The first kappa shape index (κ1) is 15.9. The molecule has 5 nitrogen and oxygen atoms in total. The Morgan fingerprint density at radius 3 is 2.55 bits per heavy atom. The van der Waals surface area contributed by atoms with E-state index < -0.39 is 6.09 Å². The molecule has 0 atom stereocenters. The predicted molar refractivity (Wildman–Crippen MR) is 82.5 cm³/mol. The number of para-hydroxylation sites is 1. The zero-order chi connectivity index (χ0) is 15.6. The van der Waals surface area contributed by atoms with E-state index in [4.69, 9.17) is 14.6 Å². The first-order valence-corrected chi connectivity index (χ1v) is 7.05. The molecule has 1 amide bonds. The molecule has 5 heteroatoms. The van der Waals surface area contributed by atoms with Crippen LogP contribution in [0, 0.1) is 0 Å². The fraction of sp³-hybridized carbons (Fsp3) is 0.235. The average molecular weight is 301 g/mol. The molecule has 0 aliphatic rings. The molecule has 2 aromatic rings. The predicted octanol–water partition coefficient (Wildman–Crippen LogP) is 2.48. The lowest BCUT2D eigenvalue weighted by molar-refractivity contribution is 0.139. The zero-order valence-corrected chi connectivity index (χ0v) is 12.2. The second kappa shape index (κ2) is 8.69. The molecule has 116 valence electrons. The summed E-state index contributed by atoms with van der Waals surface area (Å²) in [4.78, 5) is 11.7. The third-order valence-corrected chi connectivity index (χ3v) is 2.96. The summed E-state index contributed by atoms with van der Waals surface area (Å²) in [6.45, 7) is 0.695. The molecule has 0 aromatic heterocycles. The van der Waals surface area contributed by atoms with Crippen molar-refractivity contribution in [2.24, 2.45) is 0 Å². The smallest absolute Gasteiger partial charge is 0.407 e. The first-order valence-electron chi connectivity index (χ1n) is 7.05. The number of benzene rings is 2. The van der Waals surface area contributed by atoms with Crippen molar-refractivity contribution in [1.29, 1.82) is 0 Å². The lowest BCUT2D eigenvalue weighted by Crippen LogP contribution is -2.24. The van der Waals surface area contributed by atoms with Gasteiger partial charge in [0.15, 0.2) is 0 Å². The molecule has 0 spiro atoms. The number of carbonyl (C=O) groups is 1. The molecule has 0 radical (unpaired) electrons. The van der Waals surface area contributed by atoms with Crippen LogP contribution in [-0.2, 0) is 17.9 Å². The highest BCUT2D eigenvalue weighted by atomic mass is 16.5. The van der Waals surface area contributed by atoms with E-state index in [0.717, 1.165) is 11.1 Å². The van der Waals surface area contributed by atoms with Crippen LogP contribution in [0.5, 0.6) is 5.75 Å². The standard InChI is InChI=1S/C17H19NO4/c19-10-11-21-16-9-5-4-8-15(16)12-18-17(20)22-13-14-6-2-1-3-7-14/h1-9,19H,10-13H2,(H,18,20). The number of aliphatic hydroxyl groups is 1. The third kappa shape index (κ3) is 5.10. The maximum Gasteiger partial charge on any atom is 0.407 e. The lowest BCUT2D eigenvalue weighted by atomic mass is 10.2. The number of rotatable bonds is 7. The van der Waals surface area contributed by atoms with Gasteiger partial charge >= 0.3 is 6.09 Å². The highest BCUT2D eigenvalue weighted by Crippen LogP contribution is 2.17. The SMILES string of the molecule is O=C(NCc1ccccc1OCCO)OCc1ccccc1. The number of ether oxygens (including phenoxy) is 2. The van der Waals surface area contributed by atoms with Crippen LogP contribution in [-0.4, -0.2) is 24.4 Å². The van der Waals surface area contributed by atoms with Gasteiger partial charge < -0.3 is 19.9 Å². The third-order valence-electron chi connectivity index (χ3n) is 2.96. The molecule has 2 aromatic carbocycles. The molecule has 22 heavy (non-hydrogen) atoms. The normalized spacial score (nSPS) is 10.0. The van der Waals surface area contributed by atoms with Crippen molar-refractivity contribution in [1.82, 2.24) is 5.32 Å². The van der Waals surface area contributed by atoms with Crippen molar-refractivity contribution in [3.05, 3.63) is 65.7 Å². The summed E-state index contributed by atoms with van der Waals surface area (Å²) in [5.74, 6) is 0.639. The topological polar surface area (TPSA) is 67.8 Å². The number of carbonyl (C=O) groups excluding carboxylic acids is 1. The minimum Gasteiger partial charge on any atom is -0.491 e. The van der Waals surface area contributed by atoms with Crippen molar-refractivity contribution in [2.45, 2.75) is 13.2 Å². The Labute approximate surface area is 129 Å². The molecule has 2 rings (SSSR count). The van der Waals surface area contributed by atoms with Gasteiger partial charge in [-0.1, -0.05) is 48.5 Å². The van der Waals surface area contributed by atoms with Crippen molar-refractivity contribution < 1.29 is 19.4 Å². The fourth-order valence-electron chi connectivity index (χ4n) is 1.89. The fourth-order valence-corrected chi connectivity index (χ4v) is 1.89. The van der Waals surface area contributed by atoms with E-state index >= 15 is 0 Å². The van der Waals surface area contributed by atoms with Gasteiger partial charge in [-0.15, -0.1) is 0 Å². The Morgan fingerprint density at radius 2 is 1.77 bits per heavy atom. The van der Waals surface area contributed by atoms with Crippen LogP contribution in [0.25, 0.3) is 0 Å². The molecule has 0 saturated heterocycles. The van der Waals surface area contributed by atoms with Crippen LogP contribution in [0.4, 0.5) is 4.79 Å². The molecular weight excluding hydrogens is 282 g/mol. The Bertz CT molecular complexity index is 586.